The Morgan fingerprint density at radius 1 is 1.02 bits per heavy atom. The van der Waals surface area contributed by atoms with E-state index in [-0.39, 0.29) is 28.8 Å². The summed E-state index contributed by atoms with van der Waals surface area (Å²) in [4.78, 5) is 13.2. The maximum Gasteiger partial charge on any atom is 0.338 e. The fourth-order valence-corrected chi connectivity index (χ4v) is 9.34. The first-order valence-electron chi connectivity index (χ1n) is 16.0. The molecule has 0 saturated heterocycles. The molecule has 0 amide bonds. The van der Waals surface area contributed by atoms with E-state index >= 15 is 0 Å². The van der Waals surface area contributed by atoms with Gasteiger partial charge in [0.25, 0.3) is 0 Å². The van der Waals surface area contributed by atoms with E-state index in [9.17, 15) is 9.90 Å². The Balaban J connectivity index is 1.54. The van der Waals surface area contributed by atoms with Gasteiger partial charge in [0.2, 0.25) is 0 Å². The quantitative estimate of drug-likeness (QED) is 0.260. The number of carbonyl (C=O) groups excluding carboxylic acids is 1. The van der Waals surface area contributed by atoms with Crippen LogP contribution in [0.15, 0.2) is 54.1 Å². The summed E-state index contributed by atoms with van der Waals surface area (Å²) in [5.74, 6) is 0.988. The molecule has 0 aromatic heterocycles. The molecule has 1 N–H and O–H groups in total. The molecule has 0 spiro atoms. The molecule has 1 aromatic rings. The van der Waals surface area contributed by atoms with Gasteiger partial charge in [-0.3, -0.25) is 0 Å². The number of aliphatic hydroxyl groups is 1. The minimum atomic E-state index is -0.635. The molecule has 0 aliphatic heterocycles. The van der Waals surface area contributed by atoms with Gasteiger partial charge in [-0.2, -0.15) is 0 Å². The molecule has 3 saturated carbocycles. The summed E-state index contributed by atoms with van der Waals surface area (Å²) >= 11 is 0. The Morgan fingerprint density at radius 3 is 2.38 bits per heavy atom. The summed E-state index contributed by atoms with van der Waals surface area (Å²) in [6.07, 6.45) is 13.8. The van der Waals surface area contributed by atoms with Gasteiger partial charge in [-0.1, -0.05) is 77.5 Å². The molecule has 3 nitrogen and oxygen atoms in total. The summed E-state index contributed by atoms with van der Waals surface area (Å²) in [6, 6.07) is 9.35. The smallest absolute Gasteiger partial charge is 0.338 e. The highest BCUT2D eigenvalue weighted by atomic mass is 16.5. The molecule has 3 fully saturated rings. The van der Waals surface area contributed by atoms with Crippen molar-refractivity contribution in [1.29, 1.82) is 0 Å². The summed E-state index contributed by atoms with van der Waals surface area (Å²) in [7, 11) is 0. The normalized spacial score (nSPS) is 34.5. The number of allylic oxidation sites excluding steroid dienone is 2. The lowest BCUT2D eigenvalue weighted by Gasteiger charge is -2.61. The van der Waals surface area contributed by atoms with Crippen LogP contribution in [0.1, 0.15) is 129 Å². The van der Waals surface area contributed by atoms with Gasteiger partial charge in [0.15, 0.2) is 0 Å². The minimum Gasteiger partial charge on any atom is -0.454 e. The number of hydrogen-bond acceptors (Lipinski definition) is 3. The average molecular weight is 549 g/mol. The van der Waals surface area contributed by atoms with Crippen LogP contribution >= 0.6 is 0 Å². The SMILES string of the molecule is C=C1CCCC(C)(C)[C@@H]1C[C@@H](OC(=O)c1ccccc1)/C(C)=C/CC[C@@H]1[C@@]2(C)CCCC(C)(C)[C@@H]2CC[C@@]1(C)O. The van der Waals surface area contributed by atoms with Gasteiger partial charge in [0.1, 0.15) is 6.10 Å². The molecule has 3 aliphatic rings. The lowest BCUT2D eigenvalue weighted by molar-refractivity contribution is -0.168. The monoisotopic (exact) mass is 548 g/mol. The van der Waals surface area contributed by atoms with Gasteiger partial charge in [0.05, 0.1) is 11.2 Å². The maximum atomic E-state index is 13.2. The first kappa shape index (κ1) is 31.1. The molecule has 40 heavy (non-hydrogen) atoms. The molecule has 0 radical (unpaired) electrons. The fourth-order valence-electron chi connectivity index (χ4n) is 9.34. The molecule has 4 rings (SSSR count). The van der Waals surface area contributed by atoms with Gasteiger partial charge < -0.3 is 9.84 Å². The molecular weight excluding hydrogens is 492 g/mol. The van der Waals surface area contributed by atoms with Crippen LogP contribution in [0, 0.1) is 34.0 Å². The number of ether oxygens (including phenoxy) is 1. The van der Waals surface area contributed by atoms with E-state index in [1.165, 1.54) is 37.7 Å². The standard InChI is InChI=1S/C37H56O3/c1-26-16-13-21-34(3,4)29(26)25-30(40-33(38)28-17-10-9-11-18-28)27(2)15-12-19-32-36(7)23-14-22-35(5,6)31(36)20-24-37(32,8)39/h9-11,15,17-18,29-32,39H,1,12-14,16,19-25H2,2-8H3/b27-15+/t29-,30-,31+,32-,36+,37-/m1/s1. The third-order valence-electron chi connectivity index (χ3n) is 11.7. The zero-order valence-corrected chi connectivity index (χ0v) is 26.5. The summed E-state index contributed by atoms with van der Waals surface area (Å²) in [5.41, 5.74) is 3.02. The first-order valence-corrected chi connectivity index (χ1v) is 16.0. The Morgan fingerprint density at radius 2 is 1.70 bits per heavy atom. The Hall–Kier alpha value is -1.87. The largest absolute Gasteiger partial charge is 0.454 e. The van der Waals surface area contributed by atoms with E-state index in [1.54, 1.807) is 0 Å². The predicted molar refractivity (Wildman–Crippen MR) is 166 cm³/mol. The summed E-state index contributed by atoms with van der Waals surface area (Å²) in [5, 5.41) is 11.6. The third kappa shape index (κ3) is 6.45. The van der Waals surface area contributed by atoms with Crippen LogP contribution in [0.25, 0.3) is 0 Å². The van der Waals surface area contributed by atoms with E-state index < -0.39 is 5.60 Å². The summed E-state index contributed by atoms with van der Waals surface area (Å²) in [6.45, 7) is 20.7. The first-order chi connectivity index (χ1) is 18.7. The molecule has 3 heteroatoms. The number of carbonyl (C=O) groups is 1. The van der Waals surface area contributed by atoms with Gasteiger partial charge >= 0.3 is 5.97 Å². The molecule has 0 bridgehead atoms. The van der Waals surface area contributed by atoms with E-state index in [2.05, 4.69) is 61.1 Å². The van der Waals surface area contributed by atoms with Crippen LogP contribution < -0.4 is 0 Å². The molecule has 0 unspecified atom stereocenters. The van der Waals surface area contributed by atoms with Crippen LogP contribution in [0.2, 0.25) is 0 Å². The number of esters is 1. The van der Waals surface area contributed by atoms with E-state index in [0.29, 0.717) is 22.8 Å². The number of benzene rings is 1. The van der Waals surface area contributed by atoms with E-state index in [1.807, 2.05) is 30.3 Å². The van der Waals surface area contributed by atoms with Crippen LogP contribution in [-0.4, -0.2) is 22.8 Å². The average Bonchev–Trinajstić information content (AvgIpc) is 2.86. The van der Waals surface area contributed by atoms with Crippen molar-refractivity contribution >= 4 is 5.97 Å². The van der Waals surface area contributed by atoms with Gasteiger partial charge in [-0.15, -0.1) is 0 Å². The number of hydrogen-bond donors (Lipinski definition) is 1. The van der Waals surface area contributed by atoms with Crippen molar-refractivity contribution in [3.05, 3.63) is 59.7 Å². The zero-order valence-electron chi connectivity index (χ0n) is 26.5. The van der Waals surface area contributed by atoms with Crippen LogP contribution in [-0.2, 0) is 4.74 Å². The van der Waals surface area contributed by atoms with Gasteiger partial charge in [-0.05, 0) is 130 Å². The van der Waals surface area contributed by atoms with Crippen molar-refractivity contribution in [1.82, 2.24) is 0 Å². The molecule has 6 atom stereocenters. The van der Waals surface area contributed by atoms with Crippen LogP contribution in [0.3, 0.4) is 0 Å². The molecule has 1 aromatic carbocycles. The molecule has 222 valence electrons. The second-order valence-corrected chi connectivity index (χ2v) is 15.4. The van der Waals surface area contributed by atoms with Crippen molar-refractivity contribution in [2.24, 2.45) is 34.0 Å². The second kappa shape index (κ2) is 11.8. The van der Waals surface area contributed by atoms with Crippen LogP contribution in [0.4, 0.5) is 0 Å². The zero-order chi connectivity index (χ0) is 29.3. The predicted octanol–water partition coefficient (Wildman–Crippen LogP) is 9.70. The molecule has 0 heterocycles. The van der Waals surface area contributed by atoms with Crippen LogP contribution in [0.5, 0.6) is 0 Å². The summed E-state index contributed by atoms with van der Waals surface area (Å²) < 4.78 is 6.26. The van der Waals surface area contributed by atoms with E-state index in [4.69, 9.17) is 4.74 Å². The van der Waals surface area contributed by atoms with Gasteiger partial charge in [0, 0.05) is 0 Å². The third-order valence-corrected chi connectivity index (χ3v) is 11.7. The Kier molecular flexibility index (Phi) is 9.16. The highest BCUT2D eigenvalue weighted by Gasteiger charge is 2.57. The second-order valence-electron chi connectivity index (χ2n) is 15.4. The lowest BCUT2D eigenvalue weighted by Crippen LogP contribution is -2.57. The number of rotatable bonds is 8. The molecule has 3 aliphatic carbocycles. The Bertz CT molecular complexity index is 1080. The van der Waals surface area contributed by atoms with Crippen molar-refractivity contribution < 1.29 is 14.6 Å². The fraction of sp³-hybridized carbons (Fsp3) is 0.703. The van der Waals surface area contributed by atoms with Crippen molar-refractivity contribution in [3.8, 4) is 0 Å². The molecular formula is C37H56O3. The van der Waals surface area contributed by atoms with E-state index in [0.717, 1.165) is 44.1 Å². The van der Waals surface area contributed by atoms with Gasteiger partial charge in [-0.25, -0.2) is 4.79 Å². The minimum absolute atomic E-state index is 0.144. The number of fused-ring (bicyclic) bond motifs is 1. The lowest BCUT2D eigenvalue weighted by atomic mass is 9.45. The highest BCUT2D eigenvalue weighted by molar-refractivity contribution is 5.89. The topological polar surface area (TPSA) is 46.5 Å². The van der Waals surface area contributed by atoms with Crippen molar-refractivity contribution in [2.75, 3.05) is 0 Å². The highest BCUT2D eigenvalue weighted by Crippen LogP contribution is 2.63. The van der Waals surface area contributed by atoms with Crippen molar-refractivity contribution in [3.63, 3.8) is 0 Å². The van der Waals surface area contributed by atoms with Crippen molar-refractivity contribution in [2.45, 2.75) is 131 Å². The Labute approximate surface area is 244 Å². The maximum absolute atomic E-state index is 13.2.